The van der Waals surface area contributed by atoms with Crippen molar-refractivity contribution in [3.05, 3.63) is 35.8 Å². The van der Waals surface area contributed by atoms with Crippen LogP contribution in [0.1, 0.15) is 61.6 Å². The summed E-state index contributed by atoms with van der Waals surface area (Å²) in [7, 11) is 0. The third-order valence-corrected chi connectivity index (χ3v) is 7.55. The minimum Gasteiger partial charge on any atom is -0.355 e. The smallest absolute Gasteiger partial charge is 0.268 e. The molecule has 2 aromatic rings. The molecular formula is C24H33N5O2. The van der Waals surface area contributed by atoms with Gasteiger partial charge in [-0.1, -0.05) is 6.07 Å². The third-order valence-electron chi connectivity index (χ3n) is 7.55. The molecule has 4 saturated carbocycles. The lowest BCUT2D eigenvalue weighted by molar-refractivity contribution is -0.118. The molecule has 2 heterocycles. The largest absolute Gasteiger partial charge is 0.355 e. The number of nitrogens with zero attached hydrogens (tertiary/aromatic N) is 2. The van der Waals surface area contributed by atoms with Gasteiger partial charge in [0.15, 0.2) is 0 Å². The van der Waals surface area contributed by atoms with E-state index in [0.29, 0.717) is 30.7 Å². The highest BCUT2D eigenvalue weighted by Crippen LogP contribution is 2.59. The summed E-state index contributed by atoms with van der Waals surface area (Å²) in [6, 6.07) is 5.70. The lowest BCUT2D eigenvalue weighted by Crippen LogP contribution is -2.51. The van der Waals surface area contributed by atoms with E-state index in [0.717, 1.165) is 35.6 Å². The maximum absolute atomic E-state index is 13.1. The number of aromatic nitrogens is 2. The summed E-state index contributed by atoms with van der Waals surface area (Å²) in [5, 5.41) is 9.32. The minimum atomic E-state index is -0.0290. The maximum Gasteiger partial charge on any atom is 0.268 e. The Morgan fingerprint density at radius 2 is 1.77 bits per heavy atom. The molecule has 166 valence electrons. The predicted molar refractivity (Wildman–Crippen MR) is 119 cm³/mol. The Labute approximate surface area is 183 Å². The van der Waals surface area contributed by atoms with Crippen LogP contribution in [0, 0.1) is 23.2 Å². The van der Waals surface area contributed by atoms with E-state index in [1.54, 1.807) is 0 Å². The number of hydrogen-bond acceptors (Lipinski definition) is 4. The molecule has 0 radical (unpaired) electrons. The lowest BCUT2D eigenvalue weighted by atomic mass is 9.49. The second-order valence-corrected chi connectivity index (χ2v) is 10.1. The molecule has 0 aliphatic heterocycles. The lowest BCUT2D eigenvalue weighted by Gasteiger charge is -2.56. The van der Waals surface area contributed by atoms with Crippen LogP contribution in [-0.4, -0.2) is 40.8 Å². The van der Waals surface area contributed by atoms with Crippen molar-refractivity contribution in [3.8, 4) is 0 Å². The zero-order chi connectivity index (χ0) is 21.4. The molecule has 4 aliphatic rings. The van der Waals surface area contributed by atoms with Gasteiger partial charge >= 0.3 is 0 Å². The van der Waals surface area contributed by atoms with Gasteiger partial charge in [0.25, 0.3) is 5.91 Å². The average molecular weight is 424 g/mol. The maximum atomic E-state index is 13.1. The van der Waals surface area contributed by atoms with Crippen molar-refractivity contribution < 1.29 is 9.59 Å². The molecule has 7 heteroatoms. The number of carbonyl (C=O) groups is 2. The molecule has 0 saturated heterocycles. The van der Waals surface area contributed by atoms with E-state index in [2.05, 4.69) is 20.9 Å². The number of fused-ring (bicyclic) bond motifs is 1. The molecule has 4 fully saturated rings. The predicted octanol–water partition coefficient (Wildman–Crippen LogP) is 2.51. The van der Waals surface area contributed by atoms with Gasteiger partial charge in [-0.3, -0.25) is 14.0 Å². The van der Waals surface area contributed by atoms with Gasteiger partial charge in [0.2, 0.25) is 5.91 Å². The van der Waals surface area contributed by atoms with Crippen molar-refractivity contribution in [1.82, 2.24) is 25.3 Å². The molecule has 0 atom stereocenters. The monoisotopic (exact) mass is 423 g/mol. The fourth-order valence-electron chi connectivity index (χ4n) is 6.74. The van der Waals surface area contributed by atoms with Crippen LogP contribution in [-0.2, 0) is 11.3 Å². The topological polar surface area (TPSA) is 87.5 Å². The van der Waals surface area contributed by atoms with E-state index in [-0.39, 0.29) is 11.8 Å². The van der Waals surface area contributed by atoms with Crippen LogP contribution in [0.15, 0.2) is 24.4 Å². The first-order valence-electron chi connectivity index (χ1n) is 11.7. The van der Waals surface area contributed by atoms with Crippen molar-refractivity contribution in [2.24, 2.45) is 23.2 Å². The number of nitrogens with one attached hydrogen (secondary N) is 3. The molecule has 2 aromatic heterocycles. The van der Waals surface area contributed by atoms with Gasteiger partial charge in [-0.2, -0.15) is 0 Å². The standard InChI is InChI=1S/C24H33N5O2/c1-16(30)26-6-5-25-13-20-14-29-21(3-2-4-22(29)28-20)23(31)27-15-24-10-17-7-18(11-24)9-19(8-17)12-24/h2-4,14,17-19,25H,5-13,15H2,1H3,(H,26,30)(H,27,31). The first-order valence-corrected chi connectivity index (χ1v) is 11.7. The summed E-state index contributed by atoms with van der Waals surface area (Å²) in [5.74, 6) is 2.63. The molecule has 4 bridgehead atoms. The van der Waals surface area contributed by atoms with Gasteiger partial charge in [-0.05, 0) is 73.8 Å². The molecule has 0 aromatic carbocycles. The molecular weight excluding hydrogens is 390 g/mol. The van der Waals surface area contributed by atoms with Crippen molar-refractivity contribution in [2.45, 2.75) is 52.0 Å². The zero-order valence-electron chi connectivity index (χ0n) is 18.3. The Morgan fingerprint density at radius 1 is 1.06 bits per heavy atom. The molecule has 6 rings (SSSR count). The van der Waals surface area contributed by atoms with Crippen LogP contribution in [0.25, 0.3) is 5.65 Å². The number of rotatable bonds is 8. The summed E-state index contributed by atoms with van der Waals surface area (Å²) >= 11 is 0. The number of amides is 2. The van der Waals surface area contributed by atoms with Crippen molar-refractivity contribution >= 4 is 17.5 Å². The Kier molecular flexibility index (Phi) is 5.46. The second kappa shape index (κ2) is 8.26. The quantitative estimate of drug-likeness (QED) is 0.570. The average Bonchev–Trinajstić information content (AvgIpc) is 3.13. The van der Waals surface area contributed by atoms with Gasteiger partial charge in [0.1, 0.15) is 11.3 Å². The van der Waals surface area contributed by atoms with E-state index < -0.39 is 0 Å². The Hall–Kier alpha value is -2.41. The molecule has 2 amide bonds. The minimum absolute atomic E-state index is 0.0103. The fraction of sp³-hybridized carbons (Fsp3) is 0.625. The van der Waals surface area contributed by atoms with Crippen molar-refractivity contribution in [1.29, 1.82) is 0 Å². The van der Waals surface area contributed by atoms with Crippen LogP contribution in [0.2, 0.25) is 0 Å². The summed E-state index contributed by atoms with van der Waals surface area (Å²) in [6.07, 6.45) is 10.1. The second-order valence-electron chi connectivity index (χ2n) is 10.1. The normalized spacial score (nSPS) is 28.7. The van der Waals surface area contributed by atoms with Crippen LogP contribution < -0.4 is 16.0 Å². The van der Waals surface area contributed by atoms with Crippen molar-refractivity contribution in [2.75, 3.05) is 19.6 Å². The van der Waals surface area contributed by atoms with Crippen LogP contribution >= 0.6 is 0 Å². The summed E-state index contributed by atoms with van der Waals surface area (Å²) in [6.45, 7) is 4.16. The van der Waals surface area contributed by atoms with E-state index >= 15 is 0 Å². The van der Waals surface area contributed by atoms with Crippen LogP contribution in [0.5, 0.6) is 0 Å². The van der Waals surface area contributed by atoms with Gasteiger partial charge < -0.3 is 16.0 Å². The number of imidazole rings is 1. The van der Waals surface area contributed by atoms with Crippen LogP contribution in [0.4, 0.5) is 0 Å². The first kappa shape index (κ1) is 20.5. The fourth-order valence-corrected chi connectivity index (χ4v) is 6.74. The Bertz CT molecular complexity index is 946. The zero-order valence-corrected chi connectivity index (χ0v) is 18.3. The highest BCUT2D eigenvalue weighted by molar-refractivity contribution is 5.93. The SMILES string of the molecule is CC(=O)NCCNCc1cn2c(C(=O)NCC34CC5CC(CC(C5)C3)C4)cccc2n1. The molecule has 0 unspecified atom stereocenters. The number of carbonyl (C=O) groups excluding carboxylic acids is 2. The van der Waals surface area contributed by atoms with E-state index in [1.165, 1.54) is 45.4 Å². The molecule has 31 heavy (non-hydrogen) atoms. The van der Waals surface area contributed by atoms with E-state index in [4.69, 9.17) is 0 Å². The molecule has 4 aliphatic carbocycles. The van der Waals surface area contributed by atoms with E-state index in [9.17, 15) is 9.59 Å². The van der Waals surface area contributed by atoms with E-state index in [1.807, 2.05) is 28.8 Å². The van der Waals surface area contributed by atoms with Crippen molar-refractivity contribution in [3.63, 3.8) is 0 Å². The summed E-state index contributed by atoms with van der Waals surface area (Å²) in [4.78, 5) is 28.7. The first-order chi connectivity index (χ1) is 15.0. The number of hydrogen-bond donors (Lipinski definition) is 3. The van der Waals surface area contributed by atoms with Gasteiger partial charge in [0, 0.05) is 39.3 Å². The molecule has 3 N–H and O–H groups in total. The Balaban J connectivity index is 1.22. The molecule has 7 nitrogen and oxygen atoms in total. The summed E-state index contributed by atoms with van der Waals surface area (Å²) in [5.41, 5.74) is 2.63. The van der Waals surface area contributed by atoms with Gasteiger partial charge in [0.05, 0.1) is 5.69 Å². The van der Waals surface area contributed by atoms with Crippen LogP contribution in [0.3, 0.4) is 0 Å². The number of pyridine rings is 1. The molecule has 0 spiro atoms. The third kappa shape index (κ3) is 4.33. The summed E-state index contributed by atoms with van der Waals surface area (Å²) < 4.78 is 1.89. The highest BCUT2D eigenvalue weighted by Gasteiger charge is 2.50. The Morgan fingerprint density at radius 3 is 2.45 bits per heavy atom. The highest BCUT2D eigenvalue weighted by atomic mass is 16.2. The van der Waals surface area contributed by atoms with Gasteiger partial charge in [-0.15, -0.1) is 0 Å². The van der Waals surface area contributed by atoms with Gasteiger partial charge in [-0.25, -0.2) is 4.98 Å².